The predicted octanol–water partition coefficient (Wildman–Crippen LogP) is 1.81. The highest BCUT2D eigenvalue weighted by Gasteiger charge is 2.17. The van der Waals surface area contributed by atoms with E-state index in [2.05, 4.69) is 11.9 Å². The molecule has 0 radical (unpaired) electrons. The number of thiocarbonyl (C=S) groups is 1. The van der Waals surface area contributed by atoms with Crippen LogP contribution in [0, 0.1) is 0 Å². The minimum atomic E-state index is 0.413. The lowest BCUT2D eigenvalue weighted by Crippen LogP contribution is -2.38. The summed E-state index contributed by atoms with van der Waals surface area (Å²) in [5.41, 5.74) is 6.43. The lowest BCUT2D eigenvalue weighted by atomic mass is 10.1. The average Bonchev–Trinajstić information content (AvgIpc) is 2.48. The van der Waals surface area contributed by atoms with E-state index in [-0.39, 0.29) is 0 Å². The van der Waals surface area contributed by atoms with Gasteiger partial charge in [-0.25, -0.2) is 0 Å². The lowest BCUT2D eigenvalue weighted by molar-refractivity contribution is 0.0392. The quantitative estimate of drug-likeness (QED) is 0.811. The summed E-state index contributed by atoms with van der Waals surface area (Å²) in [6, 6.07) is 8.20. The van der Waals surface area contributed by atoms with E-state index in [0.717, 1.165) is 43.9 Å². The monoisotopic (exact) mass is 294 g/mol. The van der Waals surface area contributed by atoms with E-state index < -0.39 is 0 Å². The summed E-state index contributed by atoms with van der Waals surface area (Å²) >= 11 is 4.92. The third kappa shape index (κ3) is 4.44. The fourth-order valence-corrected chi connectivity index (χ4v) is 2.47. The molecule has 1 aromatic rings. The van der Waals surface area contributed by atoms with E-state index in [4.69, 9.17) is 27.4 Å². The van der Waals surface area contributed by atoms with E-state index in [0.29, 0.717) is 17.6 Å². The second-order valence-corrected chi connectivity index (χ2v) is 5.50. The second kappa shape index (κ2) is 7.57. The van der Waals surface area contributed by atoms with E-state index >= 15 is 0 Å². The van der Waals surface area contributed by atoms with Crippen LogP contribution < -0.4 is 10.5 Å². The molecule has 1 aromatic carbocycles. The summed E-state index contributed by atoms with van der Waals surface area (Å²) in [6.07, 6.45) is 2.22. The van der Waals surface area contributed by atoms with Gasteiger partial charge in [-0.2, -0.15) is 0 Å². The highest BCUT2D eigenvalue weighted by molar-refractivity contribution is 7.80. The Balaban J connectivity index is 1.73. The van der Waals surface area contributed by atoms with E-state index in [1.807, 2.05) is 24.3 Å². The third-order valence-electron chi connectivity index (χ3n) is 3.67. The van der Waals surface area contributed by atoms with Gasteiger partial charge in [-0.3, -0.25) is 4.90 Å². The number of hydrogen-bond donors (Lipinski definition) is 1. The maximum Gasteiger partial charge on any atom is 0.119 e. The second-order valence-electron chi connectivity index (χ2n) is 5.06. The molecule has 0 amide bonds. The van der Waals surface area contributed by atoms with Gasteiger partial charge in [0.15, 0.2) is 0 Å². The zero-order valence-electron chi connectivity index (χ0n) is 11.9. The molecule has 0 unspecified atom stereocenters. The van der Waals surface area contributed by atoms with E-state index in [9.17, 15) is 0 Å². The summed E-state index contributed by atoms with van der Waals surface area (Å²) in [6.45, 7) is 3.34. The van der Waals surface area contributed by atoms with Crippen molar-refractivity contribution in [3.05, 3.63) is 29.8 Å². The van der Waals surface area contributed by atoms with Crippen LogP contribution in [0.15, 0.2) is 24.3 Å². The molecule has 1 fully saturated rings. The highest BCUT2D eigenvalue weighted by Crippen LogP contribution is 2.14. The molecular formula is C15H22N2O2S. The van der Waals surface area contributed by atoms with Crippen molar-refractivity contribution in [2.75, 3.05) is 33.4 Å². The van der Waals surface area contributed by atoms with Crippen LogP contribution in [0.2, 0.25) is 0 Å². The van der Waals surface area contributed by atoms with Crippen LogP contribution in [0.3, 0.4) is 0 Å². The molecule has 4 nitrogen and oxygen atoms in total. The molecule has 1 aliphatic rings. The molecule has 1 saturated heterocycles. The average molecular weight is 294 g/mol. The van der Waals surface area contributed by atoms with Crippen molar-refractivity contribution in [3.8, 4) is 5.75 Å². The maximum absolute atomic E-state index is 5.75. The van der Waals surface area contributed by atoms with Gasteiger partial charge in [0.05, 0.1) is 0 Å². The minimum Gasteiger partial charge on any atom is -0.492 e. The fraction of sp³-hybridized carbons (Fsp3) is 0.533. The molecule has 0 aliphatic carbocycles. The number of benzene rings is 1. The van der Waals surface area contributed by atoms with E-state index in [1.54, 1.807) is 0 Å². The van der Waals surface area contributed by atoms with Crippen LogP contribution in [0.25, 0.3) is 0 Å². The molecular weight excluding hydrogens is 272 g/mol. The number of nitrogens with two attached hydrogens (primary N) is 1. The summed E-state index contributed by atoms with van der Waals surface area (Å²) in [4.78, 5) is 2.77. The van der Waals surface area contributed by atoms with Crippen molar-refractivity contribution < 1.29 is 9.47 Å². The van der Waals surface area contributed by atoms with Gasteiger partial charge in [0, 0.05) is 31.4 Å². The standard InChI is InChI=1S/C15H22N2O2S/c1-17(13-6-9-18-10-7-13)8-11-19-14-4-2-12(3-5-14)15(16)20/h2-5,13H,6-11H2,1H3,(H2,16,20). The van der Waals surface area contributed by atoms with Crippen LogP contribution in [0.5, 0.6) is 5.75 Å². The van der Waals surface area contributed by atoms with Crippen LogP contribution in [-0.2, 0) is 4.74 Å². The minimum absolute atomic E-state index is 0.413. The Morgan fingerprint density at radius 2 is 2.00 bits per heavy atom. The Hall–Kier alpha value is -1.17. The predicted molar refractivity (Wildman–Crippen MR) is 84.3 cm³/mol. The van der Waals surface area contributed by atoms with Gasteiger partial charge in [0.2, 0.25) is 0 Å². The van der Waals surface area contributed by atoms with Gasteiger partial charge >= 0.3 is 0 Å². The van der Waals surface area contributed by atoms with Crippen LogP contribution >= 0.6 is 12.2 Å². The molecule has 5 heteroatoms. The first-order valence-corrected chi connectivity index (χ1v) is 7.38. The van der Waals surface area contributed by atoms with Crippen LogP contribution in [-0.4, -0.2) is 49.3 Å². The number of likely N-dealkylation sites (N-methyl/N-ethyl adjacent to an activating group) is 1. The maximum atomic E-state index is 5.75. The normalized spacial score (nSPS) is 16.3. The fourth-order valence-electron chi connectivity index (χ4n) is 2.33. The van der Waals surface area contributed by atoms with Gasteiger partial charge in [-0.1, -0.05) is 12.2 Å². The summed E-state index contributed by atoms with van der Waals surface area (Å²) in [5, 5.41) is 0. The Kier molecular flexibility index (Phi) is 5.76. The smallest absolute Gasteiger partial charge is 0.119 e. The Labute approximate surface area is 125 Å². The number of rotatable bonds is 6. The largest absolute Gasteiger partial charge is 0.492 e. The van der Waals surface area contributed by atoms with E-state index in [1.165, 1.54) is 0 Å². The number of ether oxygens (including phenoxy) is 2. The molecule has 2 rings (SSSR count). The zero-order chi connectivity index (χ0) is 14.4. The van der Waals surface area contributed by atoms with Crippen LogP contribution in [0.4, 0.5) is 0 Å². The first kappa shape index (κ1) is 15.2. The number of hydrogen-bond acceptors (Lipinski definition) is 4. The topological polar surface area (TPSA) is 47.7 Å². The molecule has 110 valence electrons. The van der Waals surface area contributed by atoms with Crippen molar-refractivity contribution >= 4 is 17.2 Å². The van der Waals surface area contributed by atoms with Gasteiger partial charge in [-0.05, 0) is 44.2 Å². The molecule has 0 saturated carbocycles. The molecule has 0 aromatic heterocycles. The number of nitrogens with zero attached hydrogens (tertiary/aromatic N) is 1. The Bertz CT molecular complexity index is 430. The summed E-state index contributed by atoms with van der Waals surface area (Å²) in [5.74, 6) is 0.852. The van der Waals surface area contributed by atoms with Gasteiger partial charge < -0.3 is 15.2 Å². The molecule has 0 atom stereocenters. The van der Waals surface area contributed by atoms with Gasteiger partial charge in [0.1, 0.15) is 17.3 Å². The van der Waals surface area contributed by atoms with Crippen molar-refractivity contribution in [2.45, 2.75) is 18.9 Å². The molecule has 20 heavy (non-hydrogen) atoms. The van der Waals surface area contributed by atoms with Crippen molar-refractivity contribution in [1.82, 2.24) is 4.90 Å². The Morgan fingerprint density at radius 1 is 1.35 bits per heavy atom. The van der Waals surface area contributed by atoms with Crippen LogP contribution in [0.1, 0.15) is 18.4 Å². The first-order chi connectivity index (χ1) is 9.66. The van der Waals surface area contributed by atoms with Crippen molar-refractivity contribution in [3.63, 3.8) is 0 Å². The zero-order valence-corrected chi connectivity index (χ0v) is 12.7. The Morgan fingerprint density at radius 3 is 2.60 bits per heavy atom. The lowest BCUT2D eigenvalue weighted by Gasteiger charge is -2.31. The highest BCUT2D eigenvalue weighted by atomic mass is 32.1. The molecule has 1 aliphatic heterocycles. The summed E-state index contributed by atoms with van der Waals surface area (Å²) in [7, 11) is 2.15. The SMILES string of the molecule is CN(CCOc1ccc(C(N)=S)cc1)C1CCOCC1. The molecule has 1 heterocycles. The van der Waals surface area contributed by atoms with Crippen molar-refractivity contribution in [1.29, 1.82) is 0 Å². The molecule has 0 bridgehead atoms. The van der Waals surface area contributed by atoms with Gasteiger partial charge in [0.25, 0.3) is 0 Å². The molecule has 0 spiro atoms. The summed E-state index contributed by atoms with van der Waals surface area (Å²) < 4.78 is 11.1. The first-order valence-electron chi connectivity index (χ1n) is 6.97. The molecule has 2 N–H and O–H groups in total. The third-order valence-corrected chi connectivity index (χ3v) is 3.90. The van der Waals surface area contributed by atoms with Gasteiger partial charge in [-0.15, -0.1) is 0 Å². The van der Waals surface area contributed by atoms with Crippen molar-refractivity contribution in [2.24, 2.45) is 5.73 Å².